The summed E-state index contributed by atoms with van der Waals surface area (Å²) in [4.78, 5) is 12.1. The lowest BCUT2D eigenvalue weighted by molar-refractivity contribution is -0.151. The minimum absolute atomic E-state index is 0.0184. The third-order valence-corrected chi connectivity index (χ3v) is 4.90. The summed E-state index contributed by atoms with van der Waals surface area (Å²) < 4.78 is 5.68. The quantitative estimate of drug-likeness (QED) is 0.692. The van der Waals surface area contributed by atoms with E-state index in [1.54, 1.807) is 7.11 Å². The number of rotatable bonds is 5. The number of allylic oxidation sites excluding steroid dienone is 1. The van der Waals surface area contributed by atoms with Crippen molar-refractivity contribution in [3.05, 3.63) is 12.2 Å². The molecular formula is C16H26O2. The molecule has 2 saturated carbocycles. The normalized spacial score (nSPS) is 33.9. The zero-order valence-corrected chi connectivity index (χ0v) is 11.8. The van der Waals surface area contributed by atoms with Crippen LogP contribution in [0.4, 0.5) is 0 Å². The number of carbonyl (C=O) groups is 1. The number of carbonyl (C=O) groups excluding carboxylic acids is 1. The average molecular weight is 250 g/mol. The van der Waals surface area contributed by atoms with Crippen molar-refractivity contribution in [2.45, 2.75) is 64.4 Å². The Bertz CT molecular complexity index is 321. The molecule has 2 heteroatoms. The number of ketones is 1. The summed E-state index contributed by atoms with van der Waals surface area (Å²) in [7, 11) is 1.78. The van der Waals surface area contributed by atoms with Gasteiger partial charge in [-0.05, 0) is 25.7 Å². The van der Waals surface area contributed by atoms with Gasteiger partial charge in [-0.2, -0.15) is 0 Å². The molecule has 0 radical (unpaired) electrons. The zero-order valence-electron chi connectivity index (χ0n) is 11.8. The van der Waals surface area contributed by atoms with E-state index >= 15 is 0 Å². The van der Waals surface area contributed by atoms with Crippen LogP contribution < -0.4 is 0 Å². The second kappa shape index (κ2) is 6.01. The van der Waals surface area contributed by atoms with Crippen LogP contribution in [0.15, 0.2) is 12.2 Å². The smallest absolute Gasteiger partial charge is 0.139 e. The Morgan fingerprint density at radius 3 is 2.83 bits per heavy atom. The van der Waals surface area contributed by atoms with E-state index in [4.69, 9.17) is 4.74 Å². The Balaban J connectivity index is 2.09. The molecule has 2 rings (SSSR count). The maximum Gasteiger partial charge on any atom is 0.139 e. The van der Waals surface area contributed by atoms with E-state index in [9.17, 15) is 4.79 Å². The first kappa shape index (κ1) is 13.8. The largest absolute Gasteiger partial charge is 0.377 e. The number of Topliss-reactive ketones (excluding diaryl/α,β-unsaturated/α-hetero) is 1. The molecule has 2 nitrogen and oxygen atoms in total. The highest BCUT2D eigenvalue weighted by molar-refractivity contribution is 5.91. The second-order valence-electron chi connectivity index (χ2n) is 5.85. The van der Waals surface area contributed by atoms with E-state index in [1.807, 2.05) is 0 Å². The van der Waals surface area contributed by atoms with Gasteiger partial charge < -0.3 is 4.74 Å². The van der Waals surface area contributed by atoms with Gasteiger partial charge in [-0.3, -0.25) is 4.79 Å². The third kappa shape index (κ3) is 2.40. The van der Waals surface area contributed by atoms with E-state index in [1.165, 1.54) is 19.3 Å². The van der Waals surface area contributed by atoms with E-state index in [0.29, 0.717) is 11.7 Å². The van der Waals surface area contributed by atoms with Crippen LogP contribution >= 0.6 is 0 Å². The lowest BCUT2D eigenvalue weighted by atomic mass is 9.53. The topological polar surface area (TPSA) is 26.3 Å². The van der Waals surface area contributed by atoms with Gasteiger partial charge in [0.05, 0.1) is 6.10 Å². The van der Waals surface area contributed by atoms with Crippen LogP contribution in [0.5, 0.6) is 0 Å². The minimum atomic E-state index is -0.0184. The molecule has 0 N–H and O–H groups in total. The second-order valence-corrected chi connectivity index (χ2v) is 5.85. The summed E-state index contributed by atoms with van der Waals surface area (Å²) in [6.45, 7) is 2.18. The van der Waals surface area contributed by atoms with Crippen LogP contribution in [0.1, 0.15) is 58.3 Å². The van der Waals surface area contributed by atoms with Crippen molar-refractivity contribution in [3.8, 4) is 0 Å². The fraction of sp³-hybridized carbons (Fsp3) is 0.812. The lowest BCUT2D eigenvalue weighted by Crippen LogP contribution is -2.52. The Morgan fingerprint density at radius 1 is 1.44 bits per heavy atom. The van der Waals surface area contributed by atoms with Crippen molar-refractivity contribution in [1.29, 1.82) is 0 Å². The molecule has 0 bridgehead atoms. The van der Waals surface area contributed by atoms with E-state index in [0.717, 1.165) is 32.1 Å². The third-order valence-electron chi connectivity index (χ3n) is 4.90. The zero-order chi connectivity index (χ0) is 13.0. The van der Waals surface area contributed by atoms with Gasteiger partial charge in [0, 0.05) is 24.9 Å². The van der Waals surface area contributed by atoms with Crippen molar-refractivity contribution in [1.82, 2.24) is 0 Å². The predicted molar refractivity (Wildman–Crippen MR) is 73.5 cm³/mol. The molecule has 0 aromatic carbocycles. The van der Waals surface area contributed by atoms with Gasteiger partial charge in [-0.15, -0.1) is 0 Å². The van der Waals surface area contributed by atoms with Gasteiger partial charge in [0.15, 0.2) is 0 Å². The molecule has 0 aliphatic heterocycles. The van der Waals surface area contributed by atoms with Crippen molar-refractivity contribution in [3.63, 3.8) is 0 Å². The van der Waals surface area contributed by atoms with E-state index in [2.05, 4.69) is 19.1 Å². The van der Waals surface area contributed by atoms with Crippen LogP contribution in [0.3, 0.4) is 0 Å². The maximum absolute atomic E-state index is 12.1. The van der Waals surface area contributed by atoms with Gasteiger partial charge in [-0.25, -0.2) is 0 Å². The van der Waals surface area contributed by atoms with Gasteiger partial charge in [0.1, 0.15) is 5.78 Å². The predicted octanol–water partition coefficient (Wildman–Crippen LogP) is 3.90. The summed E-state index contributed by atoms with van der Waals surface area (Å²) in [6, 6.07) is 0. The fourth-order valence-electron chi connectivity index (χ4n) is 3.72. The highest BCUT2D eigenvalue weighted by Gasteiger charge is 2.54. The number of unbranched alkanes of at least 4 members (excludes halogenated alkanes) is 1. The van der Waals surface area contributed by atoms with Crippen LogP contribution in [0, 0.1) is 11.3 Å². The number of methoxy groups -OCH3 is 1. The monoisotopic (exact) mass is 250 g/mol. The van der Waals surface area contributed by atoms with Gasteiger partial charge in [-0.1, -0.05) is 38.3 Å². The molecule has 0 amide bonds. The average Bonchev–Trinajstić information content (AvgIpc) is 2.42. The van der Waals surface area contributed by atoms with Crippen molar-refractivity contribution < 1.29 is 9.53 Å². The van der Waals surface area contributed by atoms with Crippen LogP contribution in [0.25, 0.3) is 0 Å². The Kier molecular flexibility index (Phi) is 4.60. The summed E-state index contributed by atoms with van der Waals surface area (Å²) in [5.74, 6) is 0.920. The minimum Gasteiger partial charge on any atom is -0.377 e. The molecule has 3 atom stereocenters. The summed E-state index contributed by atoms with van der Waals surface area (Å²) in [5, 5.41) is 0. The Labute approximate surface area is 111 Å². The lowest BCUT2D eigenvalue weighted by Gasteiger charge is -2.50. The molecule has 2 aliphatic carbocycles. The molecule has 0 unspecified atom stereocenters. The van der Waals surface area contributed by atoms with Crippen molar-refractivity contribution in [2.24, 2.45) is 11.3 Å². The fourth-order valence-corrected chi connectivity index (χ4v) is 3.72. The van der Waals surface area contributed by atoms with Crippen LogP contribution in [-0.4, -0.2) is 19.0 Å². The summed E-state index contributed by atoms with van der Waals surface area (Å²) >= 11 is 0. The first-order chi connectivity index (χ1) is 8.74. The standard InChI is InChI=1S/C16H26O2/c1-3-4-5-9-14(18-2)13-8-6-7-11-16(13)12-10-15(16)17/h5,9,13-14H,3-4,6-8,10-12H2,1-2H3/b9-5+/t13-,14-,16-/m1/s1. The number of hydrogen-bond acceptors (Lipinski definition) is 2. The molecule has 2 fully saturated rings. The summed E-state index contributed by atoms with van der Waals surface area (Å²) in [5.41, 5.74) is -0.0184. The molecule has 2 aliphatic rings. The summed E-state index contributed by atoms with van der Waals surface area (Å²) in [6.07, 6.45) is 13.4. The SMILES string of the molecule is CCC/C=C/[C@@H](OC)[C@H]1CCCC[C@@]12CCC2=O. The van der Waals surface area contributed by atoms with Gasteiger partial charge in [0.25, 0.3) is 0 Å². The van der Waals surface area contributed by atoms with Gasteiger partial charge >= 0.3 is 0 Å². The number of ether oxygens (including phenoxy) is 1. The first-order valence-electron chi connectivity index (χ1n) is 7.47. The first-order valence-corrected chi connectivity index (χ1v) is 7.47. The Morgan fingerprint density at radius 2 is 2.28 bits per heavy atom. The van der Waals surface area contributed by atoms with Crippen molar-refractivity contribution in [2.75, 3.05) is 7.11 Å². The molecule has 102 valence electrons. The molecule has 0 aromatic rings. The molecule has 1 spiro atoms. The highest BCUT2D eigenvalue weighted by Crippen LogP contribution is 2.54. The molecular weight excluding hydrogens is 224 g/mol. The molecule has 0 saturated heterocycles. The number of hydrogen-bond donors (Lipinski definition) is 0. The van der Waals surface area contributed by atoms with E-state index < -0.39 is 0 Å². The maximum atomic E-state index is 12.1. The Hall–Kier alpha value is -0.630. The molecule has 0 heterocycles. The van der Waals surface area contributed by atoms with Crippen LogP contribution in [-0.2, 0) is 9.53 Å². The van der Waals surface area contributed by atoms with Gasteiger partial charge in [0.2, 0.25) is 0 Å². The van der Waals surface area contributed by atoms with E-state index in [-0.39, 0.29) is 11.5 Å². The molecule has 0 aromatic heterocycles. The van der Waals surface area contributed by atoms with Crippen molar-refractivity contribution >= 4 is 5.78 Å². The van der Waals surface area contributed by atoms with Crippen LogP contribution in [0.2, 0.25) is 0 Å². The highest BCUT2D eigenvalue weighted by atomic mass is 16.5. The molecule has 18 heavy (non-hydrogen) atoms.